The molecule has 1 fully saturated rings. The number of nitrogens with one attached hydrogen (secondary N) is 2. The van der Waals surface area contributed by atoms with Crippen molar-refractivity contribution in [3.8, 4) is 0 Å². The first kappa shape index (κ1) is 6.65. The van der Waals surface area contributed by atoms with Crippen LogP contribution in [0.2, 0.25) is 6.55 Å². The molecule has 1 aliphatic rings. The lowest BCUT2D eigenvalue weighted by molar-refractivity contribution is 0.787. The molecule has 6 heteroatoms. The molecule has 2 N–H and O–H groups in total. The predicted molar refractivity (Wildman–Crippen MR) is 37.2 cm³/mol. The molecule has 0 aliphatic carbocycles. The Bertz CT molecular complexity index is 68.9. The van der Waals surface area contributed by atoms with Crippen LogP contribution >= 0.6 is 0 Å². The molecule has 1 heterocycles. The maximum Gasteiger partial charge on any atom is 0.234 e. The lowest BCUT2D eigenvalue weighted by Crippen LogP contribution is -2.62. The van der Waals surface area contributed by atoms with Gasteiger partial charge in [-0.1, -0.05) is 0 Å². The summed E-state index contributed by atoms with van der Waals surface area (Å²) < 4.78 is 8.99. The van der Waals surface area contributed by atoms with E-state index in [1.165, 1.54) is 0 Å². The van der Waals surface area contributed by atoms with Gasteiger partial charge in [0.1, 0.15) is 0 Å². The zero-order valence-corrected chi connectivity index (χ0v) is 7.95. The Morgan fingerprint density at radius 3 is 2.75 bits per heavy atom. The van der Waals surface area contributed by atoms with Crippen LogP contribution < -0.4 is 9.30 Å². The quantitative estimate of drug-likeness (QED) is 0.412. The van der Waals surface area contributed by atoms with Crippen molar-refractivity contribution in [2.45, 2.75) is 6.55 Å². The molecule has 0 aromatic rings. The first-order chi connectivity index (χ1) is 3.80. The third-order valence-electron chi connectivity index (χ3n) is 1.03. The summed E-state index contributed by atoms with van der Waals surface area (Å²) in [6, 6.07) is 0. The summed E-state index contributed by atoms with van der Waals surface area (Å²) in [6.45, 7) is 2.27. The van der Waals surface area contributed by atoms with Crippen LogP contribution in [0, 0.1) is 0 Å². The minimum atomic E-state index is -0.325. The fourth-order valence-corrected chi connectivity index (χ4v) is 5.18. The van der Waals surface area contributed by atoms with Gasteiger partial charge >= 0.3 is 0 Å². The first-order valence-corrected chi connectivity index (χ1v) is 6.29. The van der Waals surface area contributed by atoms with Gasteiger partial charge in [-0.2, -0.15) is 0 Å². The molecule has 1 rings (SSSR count). The highest BCUT2D eigenvalue weighted by atomic mass is 28.4. The van der Waals surface area contributed by atoms with Gasteiger partial charge < -0.3 is 13.5 Å². The fourth-order valence-electron chi connectivity index (χ4n) is 0.401. The van der Waals surface area contributed by atoms with E-state index in [1.54, 1.807) is 0 Å². The van der Waals surface area contributed by atoms with Crippen LogP contribution in [0.25, 0.3) is 0 Å². The molecule has 0 unspecified atom stereocenters. The van der Waals surface area contributed by atoms with Gasteiger partial charge in [0.05, 0.1) is 0 Å². The molecule has 0 aromatic heterocycles. The molecule has 5 radical (unpaired) electrons. The normalized spacial score (nSPS) is 26.2. The molecule has 3 nitrogen and oxygen atoms in total. The Morgan fingerprint density at radius 2 is 2.38 bits per heavy atom. The predicted octanol–water partition coefficient (Wildman–Crippen LogP) is -1.70. The SMILES string of the molecule is CN1[Si]N[Si]N[Si]1C. The molecular formula is C2H8N3Si3. The molecule has 0 atom stereocenters. The van der Waals surface area contributed by atoms with Gasteiger partial charge in [0.15, 0.2) is 0 Å². The molecule has 0 bridgehead atoms. The van der Waals surface area contributed by atoms with E-state index in [1.807, 2.05) is 0 Å². The molecule has 1 aliphatic heterocycles. The van der Waals surface area contributed by atoms with Gasteiger partial charge in [-0.05, 0) is 13.6 Å². The van der Waals surface area contributed by atoms with Gasteiger partial charge in [-0.15, -0.1) is 0 Å². The lowest BCUT2D eigenvalue weighted by Gasteiger charge is -2.26. The van der Waals surface area contributed by atoms with Crippen LogP contribution in [-0.4, -0.2) is 40.1 Å². The van der Waals surface area contributed by atoms with E-state index in [9.17, 15) is 0 Å². The summed E-state index contributed by atoms with van der Waals surface area (Å²) >= 11 is 0. The fraction of sp³-hybridized carbons (Fsp3) is 1.00. The topological polar surface area (TPSA) is 27.3 Å². The van der Waals surface area contributed by atoms with E-state index in [-0.39, 0.29) is 9.12 Å². The van der Waals surface area contributed by atoms with Crippen molar-refractivity contribution in [2.24, 2.45) is 0 Å². The second-order valence-corrected chi connectivity index (χ2v) is 7.06. The Balaban J connectivity index is 2.28. The zero-order chi connectivity index (χ0) is 5.98. The summed E-state index contributed by atoms with van der Waals surface area (Å²) in [5.41, 5.74) is 0. The van der Waals surface area contributed by atoms with Crippen molar-refractivity contribution in [3.05, 3.63) is 0 Å². The van der Waals surface area contributed by atoms with Crippen LogP contribution in [0.15, 0.2) is 0 Å². The highest BCUT2D eigenvalue weighted by Crippen LogP contribution is 1.83. The van der Waals surface area contributed by atoms with Crippen molar-refractivity contribution in [1.82, 2.24) is 13.5 Å². The minimum absolute atomic E-state index is 0.325. The molecule has 1 saturated heterocycles. The van der Waals surface area contributed by atoms with Crippen LogP contribution in [0.4, 0.5) is 0 Å². The standard InChI is InChI=1S/C2H8N3Si3/c1-5-7-3-6-4-8(5)2/h3-4H,1-2H3. The van der Waals surface area contributed by atoms with Crippen molar-refractivity contribution in [3.63, 3.8) is 0 Å². The van der Waals surface area contributed by atoms with E-state index in [0.29, 0.717) is 0 Å². The Morgan fingerprint density at radius 1 is 1.62 bits per heavy atom. The van der Waals surface area contributed by atoms with Crippen molar-refractivity contribution >= 4 is 28.8 Å². The third-order valence-corrected chi connectivity index (χ3v) is 6.61. The third kappa shape index (κ3) is 1.50. The van der Waals surface area contributed by atoms with Gasteiger partial charge in [0.2, 0.25) is 28.8 Å². The van der Waals surface area contributed by atoms with Crippen molar-refractivity contribution < 1.29 is 0 Å². The molecule has 8 heavy (non-hydrogen) atoms. The van der Waals surface area contributed by atoms with Crippen LogP contribution in [0.3, 0.4) is 0 Å². The van der Waals surface area contributed by atoms with Crippen molar-refractivity contribution in [2.75, 3.05) is 7.05 Å². The minimum Gasteiger partial charge on any atom is -0.337 e. The number of nitrogens with zero attached hydrogens (tertiary/aromatic N) is 1. The van der Waals surface area contributed by atoms with E-state index in [4.69, 9.17) is 0 Å². The first-order valence-electron chi connectivity index (χ1n) is 2.39. The van der Waals surface area contributed by atoms with Crippen molar-refractivity contribution in [1.29, 1.82) is 0 Å². The smallest absolute Gasteiger partial charge is 0.234 e. The molecule has 0 aromatic carbocycles. The van der Waals surface area contributed by atoms with Gasteiger partial charge in [0.25, 0.3) is 0 Å². The Labute approximate surface area is 56.6 Å². The summed E-state index contributed by atoms with van der Waals surface area (Å²) in [5, 5.41) is 0. The average Bonchev–Trinajstić information content (AvgIpc) is 1.77. The number of rotatable bonds is 0. The summed E-state index contributed by atoms with van der Waals surface area (Å²) in [6.07, 6.45) is 0. The highest BCUT2D eigenvalue weighted by Gasteiger charge is 2.16. The molecular weight excluding hydrogens is 150 g/mol. The average molecular weight is 158 g/mol. The van der Waals surface area contributed by atoms with Gasteiger partial charge in [-0.3, -0.25) is 0 Å². The Kier molecular flexibility index (Phi) is 2.41. The monoisotopic (exact) mass is 158 g/mol. The van der Waals surface area contributed by atoms with Crippen LogP contribution in [0.5, 0.6) is 0 Å². The van der Waals surface area contributed by atoms with Gasteiger partial charge in [-0.25, -0.2) is 0 Å². The summed E-state index contributed by atoms with van der Waals surface area (Å²) in [5.74, 6) is 0. The second kappa shape index (κ2) is 2.90. The van der Waals surface area contributed by atoms with E-state index >= 15 is 0 Å². The summed E-state index contributed by atoms with van der Waals surface area (Å²) in [4.78, 5) is 0. The molecule has 0 spiro atoms. The van der Waals surface area contributed by atoms with Gasteiger partial charge in [0, 0.05) is 0 Å². The lowest BCUT2D eigenvalue weighted by atomic mass is 11.6. The number of hydrogen-bond donors (Lipinski definition) is 2. The maximum atomic E-state index is 3.38. The van der Waals surface area contributed by atoms with E-state index in [2.05, 4.69) is 27.1 Å². The number of hydrogen-bond acceptors (Lipinski definition) is 3. The Hall–Kier alpha value is 0.531. The zero-order valence-electron chi connectivity index (χ0n) is 4.95. The van der Waals surface area contributed by atoms with Crippen LogP contribution in [0.1, 0.15) is 0 Å². The highest BCUT2D eigenvalue weighted by molar-refractivity contribution is 6.73. The van der Waals surface area contributed by atoms with Crippen LogP contribution in [-0.2, 0) is 0 Å². The maximum absolute atomic E-state index is 3.38. The molecule has 0 saturated carbocycles. The molecule has 0 amide bonds. The van der Waals surface area contributed by atoms with E-state index < -0.39 is 0 Å². The molecule has 43 valence electrons. The second-order valence-electron chi connectivity index (χ2n) is 1.63. The summed E-state index contributed by atoms with van der Waals surface area (Å²) in [7, 11) is 3.44. The van der Waals surface area contributed by atoms with E-state index in [0.717, 1.165) is 19.7 Å². The largest absolute Gasteiger partial charge is 0.337 e.